The van der Waals surface area contributed by atoms with Gasteiger partial charge in [-0.3, -0.25) is 39.2 Å². The number of hydrogen-bond acceptors (Lipinski definition) is 8. The minimum atomic E-state index is -0.573. The van der Waals surface area contributed by atoms with Crippen molar-refractivity contribution in [3.8, 4) is 0 Å². The molecule has 4 N–H and O–H groups in total. The van der Waals surface area contributed by atoms with E-state index in [9.17, 15) is 19.2 Å². The molecule has 0 atom stereocenters. The average molecular weight is 719 g/mol. The smallest absolute Gasteiger partial charge is 0.276 e. The first-order chi connectivity index (χ1) is 25.6. The highest BCUT2D eigenvalue weighted by molar-refractivity contribution is 6.06. The molecule has 0 unspecified atom stereocenters. The molecule has 0 aliphatic carbocycles. The maximum absolute atomic E-state index is 13.6. The topological polar surface area (TPSA) is 193 Å². The Kier molecular flexibility index (Phi) is 9.51. The van der Waals surface area contributed by atoms with E-state index >= 15 is 0 Å². The van der Waals surface area contributed by atoms with E-state index in [4.69, 9.17) is 10.7 Å². The van der Waals surface area contributed by atoms with E-state index in [1.54, 1.807) is 44.6 Å². The number of primary amides is 1. The van der Waals surface area contributed by atoms with Crippen LogP contribution in [0.3, 0.4) is 0 Å². The second kappa shape index (κ2) is 14.4. The lowest BCUT2D eigenvalue weighted by molar-refractivity contribution is -0.117. The summed E-state index contributed by atoms with van der Waals surface area (Å²) in [5.74, 6) is -0.506. The SMILES string of the molecule is CCn1nc(C)cc1C(=O)Nc1nc2cc(C(N)=O)ccc2n1CCCCn1c(NC(=O)c2cc(C)nn2CC)nc2c(N3CCCC3=O)cccc21. The maximum Gasteiger partial charge on any atom is 0.276 e. The summed E-state index contributed by atoms with van der Waals surface area (Å²) in [5, 5.41) is 14.8. The number of benzene rings is 2. The maximum atomic E-state index is 13.6. The summed E-state index contributed by atoms with van der Waals surface area (Å²) in [6.45, 7) is 10.2. The fraction of sp³-hybridized carbons (Fsp3) is 0.351. The molecular weight excluding hydrogens is 676 g/mol. The number of anilines is 3. The number of imidazole rings is 2. The van der Waals surface area contributed by atoms with Crippen molar-refractivity contribution in [3.05, 3.63) is 76.9 Å². The van der Waals surface area contributed by atoms with E-state index in [1.807, 2.05) is 55.0 Å². The zero-order chi connectivity index (χ0) is 37.4. The Labute approximate surface area is 305 Å². The summed E-state index contributed by atoms with van der Waals surface area (Å²) < 4.78 is 7.18. The van der Waals surface area contributed by atoms with Crippen molar-refractivity contribution in [2.75, 3.05) is 22.1 Å². The fourth-order valence-electron chi connectivity index (χ4n) is 6.99. The third-order valence-corrected chi connectivity index (χ3v) is 9.49. The normalized spacial score (nSPS) is 13.1. The first-order valence-electron chi connectivity index (χ1n) is 17.9. The van der Waals surface area contributed by atoms with E-state index in [0.717, 1.165) is 28.8 Å². The molecule has 4 amide bonds. The summed E-state index contributed by atoms with van der Waals surface area (Å²) in [4.78, 5) is 63.2. The molecule has 0 saturated carbocycles. The third kappa shape index (κ3) is 6.74. The molecule has 2 aromatic carbocycles. The molecule has 16 nitrogen and oxygen atoms in total. The van der Waals surface area contributed by atoms with Crippen LogP contribution in [-0.4, -0.2) is 68.8 Å². The van der Waals surface area contributed by atoms with E-state index in [1.165, 1.54) is 0 Å². The molecular formula is C37H42N12O4. The molecule has 16 heteroatoms. The Morgan fingerprint density at radius 2 is 1.40 bits per heavy atom. The molecule has 274 valence electrons. The van der Waals surface area contributed by atoms with Gasteiger partial charge in [0, 0.05) is 44.7 Å². The first kappa shape index (κ1) is 35.1. The van der Waals surface area contributed by atoms with Gasteiger partial charge in [0.1, 0.15) is 16.9 Å². The monoisotopic (exact) mass is 718 g/mol. The lowest BCUT2D eigenvalue weighted by atomic mass is 10.2. The van der Waals surface area contributed by atoms with Crippen LogP contribution in [0.15, 0.2) is 48.5 Å². The van der Waals surface area contributed by atoms with Gasteiger partial charge in [-0.1, -0.05) is 6.07 Å². The lowest BCUT2D eigenvalue weighted by Gasteiger charge is -2.16. The Bertz CT molecular complexity index is 2400. The van der Waals surface area contributed by atoms with Gasteiger partial charge in [-0.15, -0.1) is 0 Å². The Morgan fingerprint density at radius 3 is 1.96 bits per heavy atom. The van der Waals surface area contributed by atoms with Gasteiger partial charge in [0.2, 0.25) is 23.7 Å². The molecule has 4 aromatic heterocycles. The first-order valence-corrected chi connectivity index (χ1v) is 17.9. The van der Waals surface area contributed by atoms with Gasteiger partial charge < -0.3 is 19.8 Å². The van der Waals surface area contributed by atoms with E-state index < -0.39 is 5.91 Å². The lowest BCUT2D eigenvalue weighted by Crippen LogP contribution is -2.23. The quantitative estimate of drug-likeness (QED) is 0.144. The number of aromatic nitrogens is 8. The number of aryl methyl sites for hydroxylation is 6. The number of para-hydroxylation sites is 1. The van der Waals surface area contributed by atoms with E-state index in [-0.39, 0.29) is 17.7 Å². The van der Waals surface area contributed by atoms with Crippen LogP contribution in [-0.2, 0) is 31.0 Å². The summed E-state index contributed by atoms with van der Waals surface area (Å²) in [7, 11) is 0. The molecule has 1 saturated heterocycles. The van der Waals surface area contributed by atoms with Crippen molar-refractivity contribution in [2.45, 2.75) is 79.6 Å². The summed E-state index contributed by atoms with van der Waals surface area (Å²) in [5.41, 5.74) is 11.6. The fourth-order valence-corrected chi connectivity index (χ4v) is 6.99. The molecule has 6 aromatic rings. The minimum absolute atomic E-state index is 0.0487. The average Bonchev–Trinajstić information content (AvgIpc) is 3.96. The van der Waals surface area contributed by atoms with Gasteiger partial charge in [-0.25, -0.2) is 9.97 Å². The van der Waals surface area contributed by atoms with Gasteiger partial charge >= 0.3 is 0 Å². The molecule has 0 bridgehead atoms. The minimum Gasteiger partial charge on any atom is -0.366 e. The largest absolute Gasteiger partial charge is 0.366 e. The number of amides is 4. The molecule has 5 heterocycles. The summed E-state index contributed by atoms with van der Waals surface area (Å²) in [6, 6.07) is 14.2. The number of rotatable bonds is 13. The van der Waals surface area contributed by atoms with Crippen molar-refractivity contribution in [2.24, 2.45) is 5.73 Å². The van der Waals surface area contributed by atoms with Gasteiger partial charge in [0.05, 0.1) is 33.6 Å². The van der Waals surface area contributed by atoms with Crippen molar-refractivity contribution in [1.82, 2.24) is 38.7 Å². The Morgan fingerprint density at radius 1 is 0.792 bits per heavy atom. The number of nitrogens with two attached hydrogens (primary N) is 1. The van der Waals surface area contributed by atoms with Crippen LogP contribution >= 0.6 is 0 Å². The molecule has 7 rings (SSSR count). The third-order valence-electron chi connectivity index (χ3n) is 9.49. The molecule has 1 fully saturated rings. The van der Waals surface area contributed by atoms with Crippen LogP contribution in [0.5, 0.6) is 0 Å². The molecule has 53 heavy (non-hydrogen) atoms. The Hall–Kier alpha value is -6.32. The standard InChI is InChI=1S/C37H42N12O4/c1-5-48-29(19-22(3)43-48)34(52)41-36-39-25-21-24(33(38)51)14-15-26(25)46(36)16-7-8-17-47-28-12-9-11-27(45-18-10-13-31(45)50)32(28)40-37(47)42-35(53)30-20-23(4)44-49(30)6-2/h9,11-12,14-15,19-21H,5-8,10,13,16-18H2,1-4H3,(H2,38,51)(H,39,41,52)(H,40,42,53). The summed E-state index contributed by atoms with van der Waals surface area (Å²) >= 11 is 0. The van der Waals surface area contributed by atoms with Gasteiger partial charge in [-0.05, 0) is 89.4 Å². The molecule has 0 radical (unpaired) electrons. The molecule has 1 aliphatic rings. The second-order valence-electron chi connectivity index (χ2n) is 13.1. The van der Waals surface area contributed by atoms with Gasteiger partial charge in [0.25, 0.3) is 11.8 Å². The predicted octanol–water partition coefficient (Wildman–Crippen LogP) is 4.65. The highest BCUT2D eigenvalue weighted by Gasteiger charge is 2.26. The zero-order valence-electron chi connectivity index (χ0n) is 30.2. The van der Waals surface area contributed by atoms with Crippen molar-refractivity contribution in [1.29, 1.82) is 0 Å². The van der Waals surface area contributed by atoms with Crippen molar-refractivity contribution >= 4 is 63.3 Å². The number of fused-ring (bicyclic) bond motifs is 2. The van der Waals surface area contributed by atoms with Crippen LogP contribution in [0.1, 0.15) is 82.3 Å². The number of hydrogen-bond donors (Lipinski definition) is 3. The zero-order valence-corrected chi connectivity index (χ0v) is 30.2. The van der Waals surface area contributed by atoms with Gasteiger partial charge in [-0.2, -0.15) is 10.2 Å². The van der Waals surface area contributed by atoms with Crippen LogP contribution < -0.4 is 21.3 Å². The molecule has 1 aliphatic heterocycles. The highest BCUT2D eigenvalue weighted by Crippen LogP contribution is 2.32. The van der Waals surface area contributed by atoms with Crippen LogP contribution in [0, 0.1) is 13.8 Å². The number of nitrogens with one attached hydrogen (secondary N) is 2. The predicted molar refractivity (Wildman–Crippen MR) is 200 cm³/mol. The second-order valence-corrected chi connectivity index (χ2v) is 13.1. The van der Waals surface area contributed by atoms with Gasteiger partial charge in [0.15, 0.2) is 0 Å². The number of carbonyl (C=O) groups excluding carboxylic acids is 4. The van der Waals surface area contributed by atoms with E-state index in [0.29, 0.717) is 97.6 Å². The number of unbranched alkanes of at least 4 members (excludes halogenated alkanes) is 1. The van der Waals surface area contributed by atoms with Crippen LogP contribution in [0.4, 0.5) is 17.6 Å². The van der Waals surface area contributed by atoms with Crippen LogP contribution in [0.2, 0.25) is 0 Å². The summed E-state index contributed by atoms with van der Waals surface area (Å²) in [6.07, 6.45) is 2.56. The van der Waals surface area contributed by atoms with Crippen molar-refractivity contribution in [3.63, 3.8) is 0 Å². The van der Waals surface area contributed by atoms with Crippen molar-refractivity contribution < 1.29 is 19.2 Å². The molecule has 0 spiro atoms. The Balaban J connectivity index is 1.18. The number of carbonyl (C=O) groups is 4. The van der Waals surface area contributed by atoms with E-state index in [2.05, 4.69) is 25.8 Å². The number of nitrogens with zero attached hydrogens (tertiary/aromatic N) is 9. The van der Waals surface area contributed by atoms with Crippen LogP contribution in [0.25, 0.3) is 22.1 Å². The highest BCUT2D eigenvalue weighted by atomic mass is 16.2.